The monoisotopic (exact) mass is 427 g/mol. The molecule has 1 atom stereocenters. The fourth-order valence-electron chi connectivity index (χ4n) is 6.83. The third kappa shape index (κ3) is 3.63. The lowest BCUT2D eigenvalue weighted by molar-refractivity contribution is -0.134. The van der Waals surface area contributed by atoms with Gasteiger partial charge in [0, 0.05) is 12.3 Å². The van der Waals surface area contributed by atoms with Gasteiger partial charge in [0.2, 0.25) is 5.91 Å². The molecular formula is C25H33NO3S. The number of nitrogens with one attached hydrogen (secondary N) is 1. The Morgan fingerprint density at radius 3 is 2.10 bits per heavy atom. The molecule has 5 aliphatic carbocycles. The van der Waals surface area contributed by atoms with E-state index in [9.17, 15) is 13.2 Å². The molecule has 6 rings (SSSR count). The molecule has 4 nitrogen and oxygen atoms in total. The topological polar surface area (TPSA) is 63.2 Å². The Bertz CT molecular complexity index is 950. The Morgan fingerprint density at radius 2 is 1.60 bits per heavy atom. The molecule has 0 aromatic heterocycles. The number of allylic oxidation sites excluding steroid dienone is 2. The molecule has 0 heterocycles. The standard InChI is InChI=1S/C25H33NO3S/c1-25(24(27)26-23-20-12-16-11-17(14-20)15-21(23)13-16)9-7-19(8-10-25)18-3-5-22(6-4-18)30(2,28)29/h3-7,16-17,20-21,23H,8-15H2,1-2H3,(H,26,27). The number of hydrogen-bond acceptors (Lipinski definition) is 3. The van der Waals surface area contributed by atoms with Crippen LogP contribution in [0.3, 0.4) is 0 Å². The molecule has 162 valence electrons. The van der Waals surface area contributed by atoms with Crippen molar-refractivity contribution in [1.82, 2.24) is 5.32 Å². The number of hydrogen-bond donors (Lipinski definition) is 1. The van der Waals surface area contributed by atoms with Crippen molar-refractivity contribution >= 4 is 21.3 Å². The van der Waals surface area contributed by atoms with E-state index < -0.39 is 9.84 Å². The second-order valence-electron chi connectivity index (χ2n) is 10.7. The second kappa shape index (κ2) is 7.22. The minimum atomic E-state index is -3.17. The average molecular weight is 428 g/mol. The number of carbonyl (C=O) groups excluding carboxylic acids is 1. The molecule has 1 N–H and O–H groups in total. The molecule has 1 aromatic rings. The summed E-state index contributed by atoms with van der Waals surface area (Å²) in [6, 6.07) is 7.53. The highest BCUT2D eigenvalue weighted by Gasteiger charge is 2.49. The highest BCUT2D eigenvalue weighted by Crippen LogP contribution is 2.54. The Labute approximate surface area is 180 Å². The van der Waals surface area contributed by atoms with E-state index in [4.69, 9.17) is 0 Å². The first-order valence-electron chi connectivity index (χ1n) is 11.5. The van der Waals surface area contributed by atoms with E-state index in [1.165, 1.54) is 43.9 Å². The van der Waals surface area contributed by atoms with Crippen molar-refractivity contribution in [2.45, 2.75) is 69.2 Å². The molecule has 1 unspecified atom stereocenters. The molecular weight excluding hydrogens is 394 g/mol. The zero-order valence-corrected chi connectivity index (χ0v) is 18.9. The number of carbonyl (C=O) groups is 1. The van der Waals surface area contributed by atoms with Crippen molar-refractivity contribution in [1.29, 1.82) is 0 Å². The lowest BCUT2D eigenvalue weighted by Gasteiger charge is -2.55. The van der Waals surface area contributed by atoms with Crippen LogP contribution in [0.25, 0.3) is 5.57 Å². The van der Waals surface area contributed by atoms with Crippen LogP contribution in [0.4, 0.5) is 0 Å². The lowest BCUT2D eigenvalue weighted by Crippen LogP contribution is -2.58. The minimum absolute atomic E-state index is 0.239. The first kappa shape index (κ1) is 20.3. The van der Waals surface area contributed by atoms with E-state index in [0.29, 0.717) is 22.8 Å². The van der Waals surface area contributed by atoms with Crippen LogP contribution in [-0.2, 0) is 14.6 Å². The number of sulfone groups is 1. The highest BCUT2D eigenvalue weighted by molar-refractivity contribution is 7.90. The van der Waals surface area contributed by atoms with Crippen molar-refractivity contribution in [2.24, 2.45) is 29.1 Å². The van der Waals surface area contributed by atoms with Gasteiger partial charge in [0.15, 0.2) is 9.84 Å². The van der Waals surface area contributed by atoms with Crippen LogP contribution in [0.2, 0.25) is 0 Å². The van der Waals surface area contributed by atoms with E-state index in [1.807, 2.05) is 12.1 Å². The zero-order chi connectivity index (χ0) is 21.1. The van der Waals surface area contributed by atoms with Gasteiger partial charge in [-0.3, -0.25) is 4.79 Å². The molecule has 0 spiro atoms. The Balaban J connectivity index is 1.25. The Hall–Kier alpha value is -1.62. The summed E-state index contributed by atoms with van der Waals surface area (Å²) in [6.45, 7) is 2.11. The van der Waals surface area contributed by atoms with Crippen LogP contribution in [0.5, 0.6) is 0 Å². The second-order valence-corrected chi connectivity index (χ2v) is 12.7. The molecule has 1 amide bonds. The third-order valence-electron chi connectivity index (χ3n) is 8.47. The third-order valence-corrected chi connectivity index (χ3v) is 9.60. The summed E-state index contributed by atoms with van der Waals surface area (Å²) in [4.78, 5) is 13.7. The number of rotatable bonds is 4. The van der Waals surface area contributed by atoms with E-state index in [0.717, 1.165) is 36.7 Å². The van der Waals surface area contributed by atoms with Crippen LogP contribution in [0.15, 0.2) is 35.2 Å². The maximum Gasteiger partial charge on any atom is 0.226 e. The van der Waals surface area contributed by atoms with Gasteiger partial charge in [-0.25, -0.2) is 8.42 Å². The zero-order valence-electron chi connectivity index (χ0n) is 18.1. The van der Waals surface area contributed by atoms with Gasteiger partial charge < -0.3 is 5.32 Å². The summed E-state index contributed by atoms with van der Waals surface area (Å²) >= 11 is 0. The van der Waals surface area contributed by atoms with E-state index in [2.05, 4.69) is 18.3 Å². The molecule has 4 bridgehead atoms. The van der Waals surface area contributed by atoms with Crippen molar-refractivity contribution in [2.75, 3.05) is 6.26 Å². The van der Waals surface area contributed by atoms with Crippen LogP contribution in [0, 0.1) is 29.1 Å². The Morgan fingerprint density at radius 1 is 1.00 bits per heavy atom. The maximum atomic E-state index is 13.3. The molecule has 1 aromatic carbocycles. The van der Waals surface area contributed by atoms with Gasteiger partial charge in [0.1, 0.15) is 0 Å². The highest BCUT2D eigenvalue weighted by atomic mass is 32.2. The smallest absolute Gasteiger partial charge is 0.226 e. The first-order valence-corrected chi connectivity index (χ1v) is 13.4. The normalized spacial score (nSPS) is 37.7. The quantitative estimate of drug-likeness (QED) is 0.763. The van der Waals surface area contributed by atoms with Crippen LogP contribution in [-0.4, -0.2) is 26.6 Å². The molecule has 30 heavy (non-hydrogen) atoms. The molecule has 0 saturated heterocycles. The molecule has 5 heteroatoms. The van der Waals surface area contributed by atoms with Crippen molar-refractivity contribution < 1.29 is 13.2 Å². The van der Waals surface area contributed by atoms with Crippen molar-refractivity contribution in [3.8, 4) is 0 Å². The van der Waals surface area contributed by atoms with Crippen LogP contribution >= 0.6 is 0 Å². The molecule has 4 fully saturated rings. The van der Waals surface area contributed by atoms with Crippen LogP contribution in [0.1, 0.15) is 63.9 Å². The van der Waals surface area contributed by atoms with Gasteiger partial charge in [-0.05, 0) is 98.3 Å². The Kier molecular flexibility index (Phi) is 4.88. The van der Waals surface area contributed by atoms with Gasteiger partial charge in [-0.2, -0.15) is 0 Å². The van der Waals surface area contributed by atoms with E-state index >= 15 is 0 Å². The first-order chi connectivity index (χ1) is 14.2. The summed E-state index contributed by atoms with van der Waals surface area (Å²) in [5.41, 5.74) is 1.94. The predicted octanol–water partition coefficient (Wildman–Crippen LogP) is 4.60. The van der Waals surface area contributed by atoms with Gasteiger partial charge in [0.25, 0.3) is 0 Å². The van der Waals surface area contributed by atoms with Crippen LogP contribution < -0.4 is 5.32 Å². The summed E-state index contributed by atoms with van der Waals surface area (Å²) in [7, 11) is -3.17. The summed E-state index contributed by atoms with van der Waals surface area (Å²) in [6.07, 6.45) is 12.6. The molecule has 5 aliphatic rings. The number of benzene rings is 1. The molecule has 4 saturated carbocycles. The van der Waals surface area contributed by atoms with Gasteiger partial charge >= 0.3 is 0 Å². The maximum absolute atomic E-state index is 13.3. The number of amides is 1. The van der Waals surface area contributed by atoms with E-state index in [-0.39, 0.29) is 11.3 Å². The average Bonchev–Trinajstić information content (AvgIpc) is 2.70. The molecule has 0 aliphatic heterocycles. The predicted molar refractivity (Wildman–Crippen MR) is 118 cm³/mol. The van der Waals surface area contributed by atoms with Gasteiger partial charge in [-0.15, -0.1) is 0 Å². The summed E-state index contributed by atoms with van der Waals surface area (Å²) < 4.78 is 23.4. The van der Waals surface area contributed by atoms with Crippen molar-refractivity contribution in [3.63, 3.8) is 0 Å². The lowest BCUT2D eigenvalue weighted by atomic mass is 9.54. The largest absolute Gasteiger partial charge is 0.352 e. The molecule has 0 radical (unpaired) electrons. The fourth-order valence-corrected chi connectivity index (χ4v) is 7.46. The summed E-state index contributed by atoms with van der Waals surface area (Å²) in [5.74, 6) is 3.49. The minimum Gasteiger partial charge on any atom is -0.352 e. The van der Waals surface area contributed by atoms with Gasteiger partial charge in [0.05, 0.1) is 10.3 Å². The van der Waals surface area contributed by atoms with Crippen molar-refractivity contribution in [3.05, 3.63) is 35.9 Å². The summed E-state index contributed by atoms with van der Waals surface area (Å²) in [5, 5.41) is 3.52. The van der Waals surface area contributed by atoms with Gasteiger partial charge in [-0.1, -0.05) is 25.1 Å². The SMILES string of the molecule is CC1(C(=O)NC2C3CC4CC(C3)CC2C4)CC=C(c2ccc(S(C)(=O)=O)cc2)CC1. The van der Waals surface area contributed by atoms with E-state index in [1.54, 1.807) is 12.1 Å². The fraction of sp³-hybridized carbons (Fsp3) is 0.640.